The lowest BCUT2D eigenvalue weighted by Crippen LogP contribution is -2.35. The highest BCUT2D eigenvalue weighted by molar-refractivity contribution is 6.00. The number of nitrogens with zero attached hydrogens (tertiary/aromatic N) is 1. The van der Waals surface area contributed by atoms with Crippen LogP contribution in [0.4, 0.5) is 0 Å². The van der Waals surface area contributed by atoms with Gasteiger partial charge in [-0.1, -0.05) is 36.4 Å². The Labute approximate surface area is 108 Å². The lowest BCUT2D eigenvalue weighted by molar-refractivity contribution is 0.341. The van der Waals surface area contributed by atoms with Gasteiger partial charge in [0.25, 0.3) is 0 Å². The molecule has 1 aliphatic heterocycles. The number of fused-ring (bicyclic) bond motifs is 1. The number of rotatable bonds is 1. The summed E-state index contributed by atoms with van der Waals surface area (Å²) >= 11 is 0. The van der Waals surface area contributed by atoms with E-state index in [4.69, 9.17) is 5.41 Å². The molecule has 3 rings (SSSR count). The third-order valence-corrected chi connectivity index (χ3v) is 3.70. The molecule has 2 nitrogen and oxygen atoms in total. The van der Waals surface area contributed by atoms with E-state index in [1.807, 2.05) is 0 Å². The molecule has 1 heterocycles. The predicted molar refractivity (Wildman–Crippen MR) is 76.2 cm³/mol. The van der Waals surface area contributed by atoms with Crippen LogP contribution < -0.4 is 0 Å². The van der Waals surface area contributed by atoms with Crippen LogP contribution in [0.15, 0.2) is 42.5 Å². The van der Waals surface area contributed by atoms with Gasteiger partial charge in [0.1, 0.15) is 5.84 Å². The number of amidine groups is 1. The van der Waals surface area contributed by atoms with Crippen molar-refractivity contribution >= 4 is 16.6 Å². The number of likely N-dealkylation sites (tertiary alicyclic amines) is 1. The summed E-state index contributed by atoms with van der Waals surface area (Å²) in [5, 5.41) is 10.8. The maximum absolute atomic E-state index is 8.33. The summed E-state index contributed by atoms with van der Waals surface area (Å²) in [7, 11) is 0. The number of hydrogen-bond acceptors (Lipinski definition) is 1. The highest BCUT2D eigenvalue weighted by Crippen LogP contribution is 2.18. The van der Waals surface area contributed by atoms with Crippen LogP contribution in [-0.2, 0) is 0 Å². The van der Waals surface area contributed by atoms with Crippen LogP contribution in [-0.4, -0.2) is 23.8 Å². The Morgan fingerprint density at radius 2 is 1.61 bits per heavy atom. The molecule has 0 aliphatic carbocycles. The van der Waals surface area contributed by atoms with Crippen molar-refractivity contribution in [3.8, 4) is 0 Å². The van der Waals surface area contributed by atoms with Crippen molar-refractivity contribution in [3.63, 3.8) is 0 Å². The summed E-state index contributed by atoms with van der Waals surface area (Å²) in [5.41, 5.74) is 1.04. The molecule has 2 heteroatoms. The van der Waals surface area contributed by atoms with Gasteiger partial charge >= 0.3 is 0 Å². The van der Waals surface area contributed by atoms with Crippen LogP contribution in [0, 0.1) is 5.41 Å². The molecule has 1 saturated heterocycles. The van der Waals surface area contributed by atoms with Gasteiger partial charge in [0.15, 0.2) is 0 Å². The fourth-order valence-electron chi connectivity index (χ4n) is 2.64. The second-order valence-electron chi connectivity index (χ2n) is 4.96. The Morgan fingerprint density at radius 3 is 2.39 bits per heavy atom. The van der Waals surface area contributed by atoms with Crippen molar-refractivity contribution < 1.29 is 0 Å². The van der Waals surface area contributed by atoms with Gasteiger partial charge < -0.3 is 4.90 Å². The largest absolute Gasteiger partial charge is 0.357 e. The summed E-state index contributed by atoms with van der Waals surface area (Å²) in [5.74, 6) is 0.681. The average Bonchev–Trinajstić information content (AvgIpc) is 2.47. The zero-order chi connectivity index (χ0) is 12.4. The molecule has 0 spiro atoms. The van der Waals surface area contributed by atoms with Crippen molar-refractivity contribution in [1.29, 1.82) is 5.41 Å². The Kier molecular flexibility index (Phi) is 3.01. The zero-order valence-electron chi connectivity index (χ0n) is 10.5. The van der Waals surface area contributed by atoms with E-state index in [2.05, 4.69) is 47.4 Å². The molecule has 0 aromatic heterocycles. The number of nitrogens with one attached hydrogen (secondary N) is 1. The van der Waals surface area contributed by atoms with E-state index in [-0.39, 0.29) is 0 Å². The Morgan fingerprint density at radius 1 is 0.889 bits per heavy atom. The van der Waals surface area contributed by atoms with E-state index >= 15 is 0 Å². The maximum atomic E-state index is 8.33. The van der Waals surface area contributed by atoms with Crippen LogP contribution in [0.5, 0.6) is 0 Å². The Bertz CT molecular complexity index is 568. The molecule has 18 heavy (non-hydrogen) atoms. The van der Waals surface area contributed by atoms with Gasteiger partial charge in [-0.05, 0) is 36.1 Å². The zero-order valence-corrected chi connectivity index (χ0v) is 10.5. The Balaban J connectivity index is 1.91. The molecule has 0 radical (unpaired) electrons. The first-order chi connectivity index (χ1) is 8.84. The third kappa shape index (κ3) is 2.10. The molecule has 2 aromatic rings. The molecule has 1 fully saturated rings. The van der Waals surface area contributed by atoms with Crippen LogP contribution in [0.1, 0.15) is 24.8 Å². The fraction of sp³-hybridized carbons (Fsp3) is 0.312. The van der Waals surface area contributed by atoms with Crippen molar-refractivity contribution in [2.75, 3.05) is 13.1 Å². The van der Waals surface area contributed by atoms with Crippen molar-refractivity contribution in [3.05, 3.63) is 48.0 Å². The van der Waals surface area contributed by atoms with Crippen LogP contribution >= 0.6 is 0 Å². The quantitative estimate of drug-likeness (QED) is 0.596. The second-order valence-corrected chi connectivity index (χ2v) is 4.96. The van der Waals surface area contributed by atoms with Gasteiger partial charge in [0, 0.05) is 18.7 Å². The van der Waals surface area contributed by atoms with Gasteiger partial charge in [0.2, 0.25) is 0 Å². The molecule has 0 amide bonds. The van der Waals surface area contributed by atoms with Gasteiger partial charge in [-0.25, -0.2) is 0 Å². The number of hydrogen-bond donors (Lipinski definition) is 1. The molecular weight excluding hydrogens is 220 g/mol. The minimum absolute atomic E-state index is 0.681. The normalized spacial score (nSPS) is 15.9. The van der Waals surface area contributed by atoms with E-state index in [1.165, 1.54) is 30.0 Å². The minimum Gasteiger partial charge on any atom is -0.357 e. The lowest BCUT2D eigenvalue weighted by Gasteiger charge is -2.29. The van der Waals surface area contributed by atoms with E-state index in [0.29, 0.717) is 5.84 Å². The first-order valence-corrected chi connectivity index (χ1v) is 6.67. The molecule has 0 atom stereocenters. The number of piperidine rings is 1. The summed E-state index contributed by atoms with van der Waals surface area (Å²) in [6.45, 7) is 2.07. The molecule has 1 N–H and O–H groups in total. The fourth-order valence-corrected chi connectivity index (χ4v) is 2.64. The average molecular weight is 238 g/mol. The summed E-state index contributed by atoms with van der Waals surface area (Å²) in [4.78, 5) is 2.20. The van der Waals surface area contributed by atoms with Gasteiger partial charge in [-0.15, -0.1) is 0 Å². The predicted octanol–water partition coefficient (Wildman–Crippen LogP) is 3.65. The lowest BCUT2D eigenvalue weighted by atomic mass is 10.0. The van der Waals surface area contributed by atoms with Crippen LogP contribution in [0.25, 0.3) is 10.8 Å². The SMILES string of the molecule is N=C(c1ccc2ccccc2c1)N1CCCCC1. The molecule has 0 unspecified atom stereocenters. The molecular formula is C16H18N2. The van der Waals surface area contributed by atoms with Crippen LogP contribution in [0.2, 0.25) is 0 Å². The second kappa shape index (κ2) is 4.81. The van der Waals surface area contributed by atoms with E-state index < -0.39 is 0 Å². The highest BCUT2D eigenvalue weighted by atomic mass is 15.2. The van der Waals surface area contributed by atoms with E-state index in [9.17, 15) is 0 Å². The molecule has 2 aromatic carbocycles. The first-order valence-electron chi connectivity index (χ1n) is 6.67. The number of benzene rings is 2. The molecule has 0 bridgehead atoms. The van der Waals surface area contributed by atoms with Crippen molar-refractivity contribution in [2.24, 2.45) is 0 Å². The smallest absolute Gasteiger partial charge is 0.128 e. The molecule has 92 valence electrons. The summed E-state index contributed by atoms with van der Waals surface area (Å²) in [6.07, 6.45) is 3.74. The maximum Gasteiger partial charge on any atom is 0.128 e. The van der Waals surface area contributed by atoms with Gasteiger partial charge in [-0.2, -0.15) is 0 Å². The molecule has 0 saturated carbocycles. The van der Waals surface area contributed by atoms with Gasteiger partial charge in [-0.3, -0.25) is 5.41 Å². The first kappa shape index (κ1) is 11.3. The minimum atomic E-state index is 0.681. The van der Waals surface area contributed by atoms with Gasteiger partial charge in [0.05, 0.1) is 0 Å². The highest BCUT2D eigenvalue weighted by Gasteiger charge is 2.14. The summed E-state index contributed by atoms with van der Waals surface area (Å²) in [6, 6.07) is 14.6. The van der Waals surface area contributed by atoms with Crippen molar-refractivity contribution in [1.82, 2.24) is 4.90 Å². The van der Waals surface area contributed by atoms with Crippen molar-refractivity contribution in [2.45, 2.75) is 19.3 Å². The standard InChI is InChI=1S/C16H18N2/c17-16(18-10-4-1-5-11-18)15-9-8-13-6-2-3-7-14(13)12-15/h2-3,6-9,12,17H,1,4-5,10-11H2. The van der Waals surface area contributed by atoms with Crippen LogP contribution in [0.3, 0.4) is 0 Å². The van der Waals surface area contributed by atoms with E-state index in [1.54, 1.807) is 0 Å². The molecule has 1 aliphatic rings. The Hall–Kier alpha value is -1.83. The van der Waals surface area contributed by atoms with E-state index in [0.717, 1.165) is 18.7 Å². The summed E-state index contributed by atoms with van der Waals surface area (Å²) < 4.78 is 0. The third-order valence-electron chi connectivity index (χ3n) is 3.70. The topological polar surface area (TPSA) is 27.1 Å². The monoisotopic (exact) mass is 238 g/mol.